The van der Waals surface area contributed by atoms with Crippen LogP contribution in [0.15, 0.2) is 35.6 Å². The molecule has 7 nitrogen and oxygen atoms in total. The maximum atomic E-state index is 11.7. The van der Waals surface area contributed by atoms with Crippen molar-refractivity contribution < 1.29 is 14.3 Å². The number of nitrogens with one attached hydrogen (secondary N) is 1. The smallest absolute Gasteiger partial charge is 0.412 e. The number of benzene rings is 1. The Hall–Kier alpha value is -2.48. The fraction of sp³-hybridized carbons (Fsp3) is 0.333. The number of carbonyl (C=O) groups excluding carboxylic acids is 1. The van der Waals surface area contributed by atoms with E-state index in [0.29, 0.717) is 16.6 Å². The number of anilines is 1. The van der Waals surface area contributed by atoms with Crippen LogP contribution in [0, 0.1) is 4.91 Å². The molecule has 1 aromatic heterocycles. The number of carbonyl (C=O) groups is 1. The lowest BCUT2D eigenvalue weighted by molar-refractivity contribution is 0.0636. The van der Waals surface area contributed by atoms with Gasteiger partial charge in [0.25, 0.3) is 5.19 Å². The Morgan fingerprint density at radius 2 is 2.00 bits per heavy atom. The number of thiazole rings is 1. The first-order chi connectivity index (χ1) is 10.9. The lowest BCUT2D eigenvalue weighted by atomic mass is 10.2. The van der Waals surface area contributed by atoms with Crippen molar-refractivity contribution in [3.8, 4) is 10.9 Å². The molecule has 0 aliphatic carbocycles. The first kappa shape index (κ1) is 16.9. The van der Waals surface area contributed by atoms with E-state index in [1.165, 1.54) is 11.3 Å². The molecular formula is C15H17N3O4S. The molecule has 2 aromatic rings. The van der Waals surface area contributed by atoms with E-state index in [-0.39, 0.29) is 6.54 Å². The van der Waals surface area contributed by atoms with Gasteiger partial charge >= 0.3 is 6.09 Å². The normalized spacial score (nSPS) is 10.9. The zero-order chi connectivity index (χ0) is 16.9. The summed E-state index contributed by atoms with van der Waals surface area (Å²) in [7, 11) is 0. The Bertz CT molecular complexity index is 677. The van der Waals surface area contributed by atoms with E-state index in [1.54, 1.807) is 51.2 Å². The van der Waals surface area contributed by atoms with Gasteiger partial charge in [-0.1, -0.05) is 16.5 Å². The van der Waals surface area contributed by atoms with Gasteiger partial charge in [0, 0.05) is 11.9 Å². The largest absolute Gasteiger partial charge is 0.444 e. The van der Waals surface area contributed by atoms with Crippen LogP contribution in [-0.2, 0) is 11.3 Å². The molecule has 1 aromatic carbocycles. The summed E-state index contributed by atoms with van der Waals surface area (Å²) in [4.78, 5) is 26.6. The summed E-state index contributed by atoms with van der Waals surface area (Å²) in [5, 5.41) is 5.86. The molecule has 0 spiro atoms. The second-order valence-corrected chi connectivity index (χ2v) is 6.71. The summed E-state index contributed by atoms with van der Waals surface area (Å²) in [6.45, 7) is 5.48. The average Bonchev–Trinajstić information content (AvgIpc) is 2.87. The summed E-state index contributed by atoms with van der Waals surface area (Å²) < 4.78 is 10.7. The van der Waals surface area contributed by atoms with Gasteiger partial charge in [-0.15, -0.1) is 0 Å². The lowest BCUT2D eigenvalue weighted by Crippen LogP contribution is -2.27. The van der Waals surface area contributed by atoms with E-state index < -0.39 is 11.7 Å². The van der Waals surface area contributed by atoms with Crippen LogP contribution in [0.2, 0.25) is 0 Å². The molecule has 0 bridgehead atoms. The fourth-order valence-corrected chi connectivity index (χ4v) is 2.29. The predicted octanol–water partition coefficient (Wildman–Crippen LogP) is 4.55. The van der Waals surface area contributed by atoms with Gasteiger partial charge in [0.1, 0.15) is 17.9 Å². The highest BCUT2D eigenvalue weighted by molar-refractivity contribution is 7.13. The maximum absolute atomic E-state index is 11.7. The Morgan fingerprint density at radius 3 is 2.61 bits per heavy atom. The highest BCUT2D eigenvalue weighted by Gasteiger charge is 2.16. The van der Waals surface area contributed by atoms with E-state index in [1.807, 2.05) is 0 Å². The molecule has 0 radical (unpaired) electrons. The molecule has 0 saturated carbocycles. The highest BCUT2D eigenvalue weighted by Crippen LogP contribution is 2.27. The number of nitrogens with zero attached hydrogens (tertiary/aromatic N) is 2. The highest BCUT2D eigenvalue weighted by atomic mass is 32.1. The van der Waals surface area contributed by atoms with Crippen molar-refractivity contribution in [1.82, 2.24) is 4.98 Å². The molecule has 0 fully saturated rings. The van der Waals surface area contributed by atoms with Crippen LogP contribution in [-0.4, -0.2) is 16.7 Å². The first-order valence-electron chi connectivity index (χ1n) is 6.87. The summed E-state index contributed by atoms with van der Waals surface area (Å²) >= 11 is 1.26. The Labute approximate surface area is 137 Å². The fourth-order valence-electron chi connectivity index (χ4n) is 1.60. The number of rotatable bonds is 5. The molecule has 2 rings (SSSR count). The number of nitroso groups, excluding NO2 is 1. The number of hydrogen-bond donors (Lipinski definition) is 1. The van der Waals surface area contributed by atoms with Gasteiger partial charge < -0.3 is 9.47 Å². The van der Waals surface area contributed by atoms with Gasteiger partial charge in [-0.2, -0.15) is 4.91 Å². The lowest BCUT2D eigenvalue weighted by Gasteiger charge is -2.19. The van der Waals surface area contributed by atoms with Crippen LogP contribution in [0.25, 0.3) is 0 Å². The number of ether oxygens (including phenoxy) is 2. The summed E-state index contributed by atoms with van der Waals surface area (Å²) in [6.07, 6.45) is 1.04. The Kier molecular flexibility index (Phi) is 5.28. The topological polar surface area (TPSA) is 89.9 Å². The molecule has 0 unspecified atom stereocenters. The molecule has 122 valence electrons. The predicted molar refractivity (Wildman–Crippen MR) is 88.0 cm³/mol. The Morgan fingerprint density at radius 1 is 1.30 bits per heavy atom. The van der Waals surface area contributed by atoms with Gasteiger partial charge in [0.05, 0.1) is 4.88 Å². The summed E-state index contributed by atoms with van der Waals surface area (Å²) in [6, 6.07) is 6.79. The number of hydrogen-bond acceptors (Lipinski definition) is 7. The van der Waals surface area contributed by atoms with E-state index in [2.05, 4.69) is 15.5 Å². The molecule has 1 amide bonds. The van der Waals surface area contributed by atoms with Gasteiger partial charge in [0.2, 0.25) is 0 Å². The number of aromatic nitrogens is 1. The molecule has 0 saturated heterocycles. The van der Waals surface area contributed by atoms with Crippen LogP contribution < -0.4 is 10.1 Å². The van der Waals surface area contributed by atoms with Gasteiger partial charge in [0.15, 0.2) is 0 Å². The first-order valence-corrected chi connectivity index (χ1v) is 7.69. The molecular weight excluding hydrogens is 318 g/mol. The number of amides is 1. The van der Waals surface area contributed by atoms with Crippen LogP contribution in [0.3, 0.4) is 0 Å². The van der Waals surface area contributed by atoms with Crippen molar-refractivity contribution in [3.05, 3.63) is 40.2 Å². The molecule has 0 atom stereocenters. The SMILES string of the molecule is CC(C)(C)OC(=O)Nc1ccc(Oc2ncc(CN=O)s2)cc1. The van der Waals surface area contributed by atoms with E-state index >= 15 is 0 Å². The molecule has 23 heavy (non-hydrogen) atoms. The van der Waals surface area contributed by atoms with Crippen molar-refractivity contribution in [2.45, 2.75) is 32.9 Å². The molecule has 0 aliphatic heterocycles. The second-order valence-electron chi connectivity index (χ2n) is 5.63. The van der Waals surface area contributed by atoms with Crippen molar-refractivity contribution >= 4 is 23.1 Å². The Balaban J connectivity index is 1.93. The maximum Gasteiger partial charge on any atom is 0.412 e. The summed E-state index contributed by atoms with van der Waals surface area (Å²) in [5.41, 5.74) is 0.0445. The van der Waals surface area contributed by atoms with Gasteiger partial charge in [-0.3, -0.25) is 5.32 Å². The van der Waals surface area contributed by atoms with Gasteiger partial charge in [-0.05, 0) is 45.0 Å². The zero-order valence-corrected chi connectivity index (χ0v) is 13.8. The minimum Gasteiger partial charge on any atom is -0.444 e. The molecule has 0 aliphatic rings. The monoisotopic (exact) mass is 335 g/mol. The van der Waals surface area contributed by atoms with Crippen LogP contribution in [0.4, 0.5) is 10.5 Å². The average molecular weight is 335 g/mol. The zero-order valence-electron chi connectivity index (χ0n) is 13.0. The minimum absolute atomic E-state index is 0.0831. The third-order valence-electron chi connectivity index (χ3n) is 2.46. The van der Waals surface area contributed by atoms with Crippen molar-refractivity contribution in [1.29, 1.82) is 0 Å². The van der Waals surface area contributed by atoms with Crippen molar-refractivity contribution in [2.24, 2.45) is 5.18 Å². The van der Waals surface area contributed by atoms with Crippen LogP contribution in [0.1, 0.15) is 25.6 Å². The van der Waals surface area contributed by atoms with E-state index in [0.717, 1.165) is 4.88 Å². The van der Waals surface area contributed by atoms with E-state index in [4.69, 9.17) is 9.47 Å². The minimum atomic E-state index is -0.550. The van der Waals surface area contributed by atoms with E-state index in [9.17, 15) is 9.70 Å². The standard InChI is InChI=1S/C15H17N3O4S/c1-15(2,3)22-13(19)18-10-4-6-11(7-5-10)21-14-16-8-12(23-14)9-17-20/h4-8H,9H2,1-3H3,(H,18,19). The second kappa shape index (κ2) is 7.19. The van der Waals surface area contributed by atoms with Crippen LogP contribution in [0.5, 0.6) is 10.9 Å². The van der Waals surface area contributed by atoms with Gasteiger partial charge in [-0.25, -0.2) is 9.78 Å². The molecule has 1 heterocycles. The van der Waals surface area contributed by atoms with Crippen molar-refractivity contribution in [2.75, 3.05) is 5.32 Å². The third kappa shape index (κ3) is 5.67. The quantitative estimate of drug-likeness (QED) is 0.810. The summed E-state index contributed by atoms with van der Waals surface area (Å²) in [5.74, 6) is 0.569. The molecule has 1 N–H and O–H groups in total. The molecule has 8 heteroatoms. The van der Waals surface area contributed by atoms with Crippen molar-refractivity contribution in [3.63, 3.8) is 0 Å². The third-order valence-corrected chi connectivity index (χ3v) is 3.32. The van der Waals surface area contributed by atoms with Crippen LogP contribution >= 0.6 is 11.3 Å².